The first-order chi connectivity index (χ1) is 12.3. The number of para-hydroxylation sites is 1. The normalized spacial score (nSPS) is 11.0. The lowest BCUT2D eigenvalue weighted by Gasteiger charge is -2.21. The van der Waals surface area contributed by atoms with Gasteiger partial charge in [-0.05, 0) is 18.2 Å². The number of hydrogen-bond donors (Lipinski definition) is 1. The molecule has 0 amide bonds. The number of aliphatic hydroxyl groups is 1. The SMILES string of the molecule is COc1ccccc1CN(CCO)Cc1coc(-c2ccccc2)n1. The lowest BCUT2D eigenvalue weighted by Crippen LogP contribution is -2.26. The van der Waals surface area contributed by atoms with Gasteiger partial charge in [-0.25, -0.2) is 4.98 Å². The van der Waals surface area contributed by atoms with Crippen LogP contribution in [0.2, 0.25) is 0 Å². The third kappa shape index (κ3) is 4.47. The molecule has 0 spiro atoms. The van der Waals surface area contributed by atoms with Gasteiger partial charge in [-0.15, -0.1) is 0 Å². The maximum absolute atomic E-state index is 9.39. The number of methoxy groups -OCH3 is 1. The molecule has 0 fully saturated rings. The number of hydrogen-bond acceptors (Lipinski definition) is 5. The monoisotopic (exact) mass is 338 g/mol. The summed E-state index contributed by atoms with van der Waals surface area (Å²) in [6.07, 6.45) is 1.68. The van der Waals surface area contributed by atoms with Crippen LogP contribution in [0.25, 0.3) is 11.5 Å². The van der Waals surface area contributed by atoms with Gasteiger partial charge in [0.1, 0.15) is 12.0 Å². The molecule has 2 aromatic carbocycles. The Balaban J connectivity index is 1.73. The minimum atomic E-state index is 0.0819. The lowest BCUT2D eigenvalue weighted by atomic mass is 10.2. The van der Waals surface area contributed by atoms with Gasteiger partial charge in [0.25, 0.3) is 0 Å². The number of aromatic nitrogens is 1. The van der Waals surface area contributed by atoms with Gasteiger partial charge in [0, 0.05) is 30.8 Å². The van der Waals surface area contributed by atoms with E-state index in [9.17, 15) is 5.11 Å². The third-order valence-corrected chi connectivity index (χ3v) is 3.96. The zero-order chi connectivity index (χ0) is 17.5. The van der Waals surface area contributed by atoms with Crippen LogP contribution in [0.5, 0.6) is 5.75 Å². The Bertz CT molecular complexity index is 786. The summed E-state index contributed by atoms with van der Waals surface area (Å²) in [4.78, 5) is 6.68. The molecule has 1 N–H and O–H groups in total. The molecule has 0 aliphatic heterocycles. The van der Waals surface area contributed by atoms with E-state index in [1.54, 1.807) is 13.4 Å². The highest BCUT2D eigenvalue weighted by molar-refractivity contribution is 5.52. The van der Waals surface area contributed by atoms with E-state index >= 15 is 0 Å². The van der Waals surface area contributed by atoms with Gasteiger partial charge in [-0.3, -0.25) is 4.90 Å². The minimum Gasteiger partial charge on any atom is -0.496 e. The van der Waals surface area contributed by atoms with Crippen molar-refractivity contribution in [2.24, 2.45) is 0 Å². The van der Waals surface area contributed by atoms with E-state index in [1.807, 2.05) is 54.6 Å². The first-order valence-corrected chi connectivity index (χ1v) is 8.25. The van der Waals surface area contributed by atoms with Crippen LogP contribution in [-0.2, 0) is 13.1 Å². The van der Waals surface area contributed by atoms with Crippen LogP contribution in [-0.4, -0.2) is 35.3 Å². The molecule has 0 aliphatic rings. The molecule has 5 nitrogen and oxygen atoms in total. The van der Waals surface area contributed by atoms with Gasteiger partial charge < -0.3 is 14.3 Å². The molecule has 0 bridgehead atoms. The van der Waals surface area contributed by atoms with Gasteiger partial charge in [0.2, 0.25) is 5.89 Å². The standard InChI is InChI=1S/C20H22N2O3/c1-24-19-10-6-5-9-17(19)13-22(11-12-23)14-18-15-25-20(21-18)16-7-3-2-4-8-16/h2-10,15,23H,11-14H2,1H3. The summed E-state index contributed by atoms with van der Waals surface area (Å²) in [6, 6.07) is 17.7. The van der Waals surface area contributed by atoms with Crippen molar-refractivity contribution >= 4 is 0 Å². The van der Waals surface area contributed by atoms with Gasteiger partial charge in [0.15, 0.2) is 0 Å². The fourth-order valence-corrected chi connectivity index (χ4v) is 2.75. The van der Waals surface area contributed by atoms with Crippen LogP contribution >= 0.6 is 0 Å². The summed E-state index contributed by atoms with van der Waals surface area (Å²) >= 11 is 0. The Morgan fingerprint density at radius 1 is 1.04 bits per heavy atom. The van der Waals surface area contributed by atoms with Crippen molar-refractivity contribution in [1.29, 1.82) is 0 Å². The molecule has 0 saturated heterocycles. The van der Waals surface area contributed by atoms with E-state index in [0.717, 1.165) is 22.6 Å². The smallest absolute Gasteiger partial charge is 0.226 e. The Labute approximate surface area is 147 Å². The number of aliphatic hydroxyl groups excluding tert-OH is 1. The summed E-state index contributed by atoms with van der Waals surface area (Å²) in [5.74, 6) is 1.45. The highest BCUT2D eigenvalue weighted by Crippen LogP contribution is 2.22. The van der Waals surface area contributed by atoms with Gasteiger partial charge in [-0.1, -0.05) is 36.4 Å². The van der Waals surface area contributed by atoms with Crippen molar-refractivity contribution in [3.8, 4) is 17.2 Å². The quantitative estimate of drug-likeness (QED) is 0.682. The molecule has 3 aromatic rings. The van der Waals surface area contributed by atoms with Gasteiger partial charge in [0.05, 0.1) is 19.4 Å². The molecule has 0 saturated carbocycles. The van der Waals surface area contributed by atoms with Crippen LogP contribution in [0, 0.1) is 0 Å². The number of nitrogens with zero attached hydrogens (tertiary/aromatic N) is 2. The van der Waals surface area contributed by atoms with Crippen molar-refractivity contribution < 1.29 is 14.3 Å². The van der Waals surface area contributed by atoms with Crippen molar-refractivity contribution in [1.82, 2.24) is 9.88 Å². The summed E-state index contributed by atoms with van der Waals surface area (Å²) in [6.45, 7) is 1.89. The van der Waals surface area contributed by atoms with Crippen molar-refractivity contribution in [3.63, 3.8) is 0 Å². The van der Waals surface area contributed by atoms with E-state index < -0.39 is 0 Å². The molecule has 0 radical (unpaired) electrons. The fourth-order valence-electron chi connectivity index (χ4n) is 2.75. The number of rotatable bonds is 8. The van der Waals surface area contributed by atoms with E-state index in [4.69, 9.17) is 9.15 Å². The lowest BCUT2D eigenvalue weighted by molar-refractivity contribution is 0.181. The second kappa shape index (κ2) is 8.46. The first-order valence-electron chi connectivity index (χ1n) is 8.25. The summed E-state index contributed by atoms with van der Waals surface area (Å²) in [5, 5.41) is 9.39. The molecule has 130 valence electrons. The molecule has 3 rings (SSSR count). The maximum atomic E-state index is 9.39. The predicted molar refractivity (Wildman–Crippen MR) is 96.1 cm³/mol. The van der Waals surface area contributed by atoms with E-state index in [1.165, 1.54) is 0 Å². The molecule has 5 heteroatoms. The predicted octanol–water partition coefficient (Wildman–Crippen LogP) is 3.34. The van der Waals surface area contributed by atoms with Gasteiger partial charge >= 0.3 is 0 Å². The second-order valence-electron chi connectivity index (χ2n) is 5.76. The Hall–Kier alpha value is -2.63. The maximum Gasteiger partial charge on any atom is 0.226 e. The summed E-state index contributed by atoms with van der Waals surface area (Å²) < 4.78 is 11.0. The molecular formula is C20H22N2O3. The van der Waals surface area contributed by atoms with E-state index in [0.29, 0.717) is 25.5 Å². The minimum absolute atomic E-state index is 0.0819. The molecular weight excluding hydrogens is 316 g/mol. The summed E-state index contributed by atoms with van der Waals surface area (Å²) in [5.41, 5.74) is 2.86. The first kappa shape index (κ1) is 17.2. The van der Waals surface area contributed by atoms with Crippen LogP contribution in [0.15, 0.2) is 65.3 Å². The van der Waals surface area contributed by atoms with Crippen molar-refractivity contribution in [2.75, 3.05) is 20.3 Å². The number of oxazole rings is 1. The number of ether oxygens (including phenoxy) is 1. The van der Waals surface area contributed by atoms with Crippen LogP contribution < -0.4 is 4.74 Å². The Kier molecular flexibility index (Phi) is 5.82. The van der Waals surface area contributed by atoms with E-state index in [2.05, 4.69) is 9.88 Å². The summed E-state index contributed by atoms with van der Waals surface area (Å²) in [7, 11) is 1.67. The topological polar surface area (TPSA) is 58.7 Å². The van der Waals surface area contributed by atoms with Crippen LogP contribution in [0.4, 0.5) is 0 Å². The molecule has 25 heavy (non-hydrogen) atoms. The molecule has 0 atom stereocenters. The average molecular weight is 338 g/mol. The van der Waals surface area contributed by atoms with Crippen molar-refractivity contribution in [3.05, 3.63) is 72.1 Å². The second-order valence-corrected chi connectivity index (χ2v) is 5.76. The third-order valence-electron chi connectivity index (χ3n) is 3.96. The highest BCUT2D eigenvalue weighted by atomic mass is 16.5. The van der Waals surface area contributed by atoms with Crippen molar-refractivity contribution in [2.45, 2.75) is 13.1 Å². The largest absolute Gasteiger partial charge is 0.496 e. The molecule has 0 aliphatic carbocycles. The molecule has 1 heterocycles. The van der Waals surface area contributed by atoms with Gasteiger partial charge in [-0.2, -0.15) is 0 Å². The zero-order valence-corrected chi connectivity index (χ0v) is 14.3. The van der Waals surface area contributed by atoms with E-state index in [-0.39, 0.29) is 6.61 Å². The fraction of sp³-hybridized carbons (Fsp3) is 0.250. The Morgan fingerprint density at radius 3 is 2.56 bits per heavy atom. The number of benzene rings is 2. The molecule has 0 unspecified atom stereocenters. The highest BCUT2D eigenvalue weighted by Gasteiger charge is 2.13. The average Bonchev–Trinajstić information content (AvgIpc) is 3.11. The zero-order valence-electron chi connectivity index (χ0n) is 14.3. The van der Waals surface area contributed by atoms with Crippen LogP contribution in [0.3, 0.4) is 0 Å². The van der Waals surface area contributed by atoms with Crippen LogP contribution in [0.1, 0.15) is 11.3 Å². The Morgan fingerprint density at radius 2 is 1.80 bits per heavy atom. The molecule has 1 aromatic heterocycles.